The van der Waals surface area contributed by atoms with Crippen molar-refractivity contribution in [1.82, 2.24) is 10.2 Å². The molecule has 1 aromatic carbocycles. The molecule has 1 aliphatic rings. The van der Waals surface area contributed by atoms with E-state index in [4.69, 9.17) is 5.11 Å². The summed E-state index contributed by atoms with van der Waals surface area (Å²) in [4.78, 5) is 23.7. The molecule has 5 nitrogen and oxygen atoms in total. The normalized spacial score (nSPS) is 20.2. The maximum atomic E-state index is 12.9. The fraction of sp³-hybridized carbons (Fsp3) is 0.375. The van der Waals surface area contributed by atoms with Crippen molar-refractivity contribution in [3.8, 4) is 11.8 Å². The number of carbonyl (C=O) groups is 2. The van der Waals surface area contributed by atoms with Gasteiger partial charge in [-0.05, 0) is 12.1 Å². The number of carbonyl (C=O) groups excluding carboxylic acids is 1. The van der Waals surface area contributed by atoms with Gasteiger partial charge in [0.25, 0.3) is 0 Å². The average Bonchev–Trinajstić information content (AvgIpc) is 2.98. The maximum absolute atomic E-state index is 12.9. The van der Waals surface area contributed by atoms with Crippen LogP contribution in [0.25, 0.3) is 0 Å². The number of rotatable bonds is 2. The Morgan fingerprint density at radius 1 is 1.25 bits per heavy atom. The molecular weight excluding hydrogens is 325 g/mol. The van der Waals surface area contributed by atoms with Crippen LogP contribution in [-0.2, 0) is 4.79 Å². The topological polar surface area (TPSA) is 69.6 Å². The molecule has 8 heteroatoms. The van der Waals surface area contributed by atoms with E-state index >= 15 is 0 Å². The SMILES string of the molecule is O=C(O)[C@@H]1CN(C(=O)NCC#Cc2ccccc2)C[C@H]1C(F)(F)F. The Bertz CT molecular complexity index is 665. The quantitative estimate of drug-likeness (QED) is 0.809. The van der Waals surface area contributed by atoms with Gasteiger partial charge in [-0.1, -0.05) is 30.0 Å². The number of carboxylic acid groups (broad SMARTS) is 1. The number of benzene rings is 1. The highest BCUT2D eigenvalue weighted by atomic mass is 19.4. The van der Waals surface area contributed by atoms with Gasteiger partial charge >= 0.3 is 18.2 Å². The Kier molecular flexibility index (Phi) is 5.34. The number of urea groups is 1. The van der Waals surface area contributed by atoms with Gasteiger partial charge < -0.3 is 15.3 Å². The number of hydrogen-bond acceptors (Lipinski definition) is 2. The second-order valence-corrected chi connectivity index (χ2v) is 5.32. The molecule has 1 heterocycles. The predicted molar refractivity (Wildman–Crippen MR) is 79.0 cm³/mol. The summed E-state index contributed by atoms with van der Waals surface area (Å²) >= 11 is 0. The summed E-state index contributed by atoms with van der Waals surface area (Å²) in [5.41, 5.74) is 0.746. The lowest BCUT2D eigenvalue weighted by atomic mass is 9.96. The minimum Gasteiger partial charge on any atom is -0.481 e. The zero-order chi connectivity index (χ0) is 17.7. The molecule has 2 atom stereocenters. The van der Waals surface area contributed by atoms with Crippen molar-refractivity contribution in [3.05, 3.63) is 35.9 Å². The number of aliphatic carboxylic acids is 1. The van der Waals surface area contributed by atoms with Gasteiger partial charge in [-0.2, -0.15) is 13.2 Å². The van der Waals surface area contributed by atoms with Crippen LogP contribution in [0.2, 0.25) is 0 Å². The lowest BCUT2D eigenvalue weighted by Gasteiger charge is -2.18. The third-order valence-electron chi connectivity index (χ3n) is 3.68. The average molecular weight is 340 g/mol. The Labute approximate surface area is 136 Å². The number of nitrogens with one attached hydrogen (secondary N) is 1. The molecule has 0 spiro atoms. The summed E-state index contributed by atoms with van der Waals surface area (Å²) in [6.45, 7) is -1.19. The van der Waals surface area contributed by atoms with Gasteiger partial charge in [0.15, 0.2) is 0 Å². The van der Waals surface area contributed by atoms with Crippen LogP contribution in [0.4, 0.5) is 18.0 Å². The third-order valence-corrected chi connectivity index (χ3v) is 3.68. The summed E-state index contributed by atoms with van der Waals surface area (Å²) < 4.78 is 38.6. The van der Waals surface area contributed by atoms with Gasteiger partial charge in [-0.3, -0.25) is 4.79 Å². The Morgan fingerprint density at radius 2 is 1.92 bits per heavy atom. The van der Waals surface area contributed by atoms with E-state index in [0.717, 1.165) is 10.5 Å². The molecule has 0 saturated carbocycles. The lowest BCUT2D eigenvalue weighted by molar-refractivity contribution is -0.187. The highest BCUT2D eigenvalue weighted by Gasteiger charge is 2.53. The zero-order valence-electron chi connectivity index (χ0n) is 12.5. The molecule has 2 N–H and O–H groups in total. The number of halogens is 3. The number of alkyl halides is 3. The molecule has 0 aromatic heterocycles. The first-order chi connectivity index (χ1) is 11.3. The first-order valence-corrected chi connectivity index (χ1v) is 7.15. The molecule has 1 aliphatic heterocycles. The van der Waals surface area contributed by atoms with Crippen molar-refractivity contribution < 1.29 is 27.9 Å². The lowest BCUT2D eigenvalue weighted by Crippen LogP contribution is -2.39. The molecule has 1 fully saturated rings. The van der Waals surface area contributed by atoms with Gasteiger partial charge in [0.1, 0.15) is 0 Å². The fourth-order valence-corrected chi connectivity index (χ4v) is 2.45. The highest BCUT2D eigenvalue weighted by molar-refractivity contribution is 5.78. The van der Waals surface area contributed by atoms with Crippen molar-refractivity contribution in [1.29, 1.82) is 0 Å². The monoisotopic (exact) mass is 340 g/mol. The number of nitrogens with zero attached hydrogens (tertiary/aromatic N) is 1. The Hall–Kier alpha value is -2.69. The van der Waals surface area contributed by atoms with E-state index in [1.807, 2.05) is 6.07 Å². The number of likely N-dealkylation sites (tertiary alicyclic amines) is 1. The van der Waals surface area contributed by atoms with E-state index in [1.54, 1.807) is 24.3 Å². The Balaban J connectivity index is 1.91. The predicted octanol–water partition coefficient (Wildman–Crippen LogP) is 1.94. The van der Waals surface area contributed by atoms with Crippen molar-refractivity contribution >= 4 is 12.0 Å². The second kappa shape index (κ2) is 7.25. The molecular formula is C16H15F3N2O3. The summed E-state index contributed by atoms with van der Waals surface area (Å²) in [6, 6.07) is 8.24. The van der Waals surface area contributed by atoms with Crippen LogP contribution in [0.5, 0.6) is 0 Å². The molecule has 0 bridgehead atoms. The standard InChI is InChI=1S/C16H15F3N2O3/c17-16(18,19)13-10-21(9-12(13)14(22)23)15(24)20-8-4-7-11-5-2-1-3-6-11/h1-3,5-6,12-13H,8-10H2,(H,20,24)(H,22,23)/t12-,13-/m1/s1. The van der Waals surface area contributed by atoms with Crippen LogP contribution in [-0.4, -0.2) is 47.8 Å². The Morgan fingerprint density at radius 3 is 2.46 bits per heavy atom. The van der Waals surface area contributed by atoms with Gasteiger partial charge in [0.2, 0.25) is 0 Å². The fourth-order valence-electron chi connectivity index (χ4n) is 2.45. The van der Waals surface area contributed by atoms with Crippen LogP contribution < -0.4 is 5.32 Å². The molecule has 2 rings (SSSR count). The van der Waals surface area contributed by atoms with Gasteiger partial charge in [-0.25, -0.2) is 4.79 Å². The number of hydrogen-bond donors (Lipinski definition) is 2. The van der Waals surface area contributed by atoms with Crippen LogP contribution in [0.3, 0.4) is 0 Å². The van der Waals surface area contributed by atoms with E-state index < -0.39 is 43.1 Å². The molecule has 0 radical (unpaired) electrons. The largest absolute Gasteiger partial charge is 0.481 e. The van der Waals surface area contributed by atoms with E-state index in [0.29, 0.717) is 0 Å². The van der Waals surface area contributed by atoms with Crippen LogP contribution in [0.1, 0.15) is 5.56 Å². The molecule has 128 valence electrons. The van der Waals surface area contributed by atoms with Crippen molar-refractivity contribution in [2.75, 3.05) is 19.6 Å². The smallest absolute Gasteiger partial charge is 0.394 e. The van der Waals surface area contributed by atoms with Crippen LogP contribution in [0, 0.1) is 23.7 Å². The van der Waals surface area contributed by atoms with Gasteiger partial charge in [0.05, 0.1) is 18.4 Å². The van der Waals surface area contributed by atoms with Crippen LogP contribution in [0.15, 0.2) is 30.3 Å². The molecule has 24 heavy (non-hydrogen) atoms. The first kappa shape index (κ1) is 17.7. The summed E-state index contributed by atoms with van der Waals surface area (Å²) in [5, 5.41) is 11.3. The van der Waals surface area contributed by atoms with Gasteiger partial charge in [0, 0.05) is 18.7 Å². The number of amides is 2. The molecule has 1 aromatic rings. The van der Waals surface area contributed by atoms with E-state index in [2.05, 4.69) is 17.2 Å². The van der Waals surface area contributed by atoms with E-state index in [9.17, 15) is 22.8 Å². The van der Waals surface area contributed by atoms with E-state index in [-0.39, 0.29) is 6.54 Å². The molecule has 2 amide bonds. The van der Waals surface area contributed by atoms with Crippen molar-refractivity contribution in [3.63, 3.8) is 0 Å². The van der Waals surface area contributed by atoms with E-state index in [1.165, 1.54) is 0 Å². The molecule has 0 aliphatic carbocycles. The summed E-state index contributed by atoms with van der Waals surface area (Å²) in [5.74, 6) is 0.213. The first-order valence-electron chi connectivity index (χ1n) is 7.15. The van der Waals surface area contributed by atoms with Crippen molar-refractivity contribution in [2.45, 2.75) is 6.18 Å². The molecule has 1 saturated heterocycles. The van der Waals surface area contributed by atoms with Gasteiger partial charge in [-0.15, -0.1) is 0 Å². The second-order valence-electron chi connectivity index (χ2n) is 5.32. The summed E-state index contributed by atoms with van der Waals surface area (Å²) in [7, 11) is 0. The zero-order valence-corrected chi connectivity index (χ0v) is 12.5. The van der Waals surface area contributed by atoms with Crippen molar-refractivity contribution in [2.24, 2.45) is 11.8 Å². The molecule has 0 unspecified atom stereocenters. The minimum atomic E-state index is -4.66. The van der Waals surface area contributed by atoms with Crippen LogP contribution >= 0.6 is 0 Å². The maximum Gasteiger partial charge on any atom is 0.394 e. The summed E-state index contributed by atoms with van der Waals surface area (Å²) in [6.07, 6.45) is -4.66. The third kappa shape index (κ3) is 4.41. The number of carboxylic acids is 1. The highest BCUT2D eigenvalue weighted by Crippen LogP contribution is 2.37. The minimum absolute atomic E-state index is 0.0430.